The molecule has 180 valence electrons. The third-order valence-corrected chi connectivity index (χ3v) is 9.15. The lowest BCUT2D eigenvalue weighted by Gasteiger charge is -2.51. The molecule has 0 aromatic heterocycles. The molecule has 3 unspecified atom stereocenters. The highest BCUT2D eigenvalue weighted by Gasteiger charge is 2.48. The van der Waals surface area contributed by atoms with Crippen molar-refractivity contribution >= 4 is 27.5 Å². The molecule has 1 aliphatic heterocycles. The van der Waals surface area contributed by atoms with Gasteiger partial charge in [-0.05, 0) is 37.8 Å². The van der Waals surface area contributed by atoms with E-state index >= 15 is 0 Å². The van der Waals surface area contributed by atoms with Crippen molar-refractivity contribution < 1.29 is 17.9 Å². The van der Waals surface area contributed by atoms with Crippen molar-refractivity contribution in [3.8, 4) is 0 Å². The monoisotopic (exact) mass is 485 g/mol. The van der Waals surface area contributed by atoms with Crippen molar-refractivity contribution in [3.05, 3.63) is 35.9 Å². The largest absolute Gasteiger partial charge is 0.360 e. The highest BCUT2D eigenvalue weighted by molar-refractivity contribution is 7.89. The second-order valence-corrected chi connectivity index (χ2v) is 11.5. The van der Waals surface area contributed by atoms with Crippen molar-refractivity contribution in [1.82, 2.24) is 14.5 Å². The van der Waals surface area contributed by atoms with E-state index in [1.807, 2.05) is 25.1 Å². The number of sulfonamides is 1. The number of hydrogen-bond donors (Lipinski definition) is 1. The fraction of sp³-hybridized carbons (Fsp3) is 0.696. The minimum absolute atomic E-state index is 0.0226. The number of piperazine rings is 1. The van der Waals surface area contributed by atoms with Gasteiger partial charge in [0.05, 0.1) is 11.3 Å². The molecule has 0 radical (unpaired) electrons. The summed E-state index contributed by atoms with van der Waals surface area (Å²) in [6.45, 7) is 3.95. The van der Waals surface area contributed by atoms with Crippen LogP contribution in [0.2, 0.25) is 0 Å². The van der Waals surface area contributed by atoms with Crippen molar-refractivity contribution in [2.45, 2.75) is 62.6 Å². The van der Waals surface area contributed by atoms with Crippen LogP contribution in [-0.4, -0.2) is 79.7 Å². The van der Waals surface area contributed by atoms with E-state index in [-0.39, 0.29) is 17.0 Å². The van der Waals surface area contributed by atoms with Crippen LogP contribution in [0.1, 0.15) is 55.8 Å². The molecule has 32 heavy (non-hydrogen) atoms. The van der Waals surface area contributed by atoms with Crippen LogP contribution < -0.4 is 5.32 Å². The van der Waals surface area contributed by atoms with Gasteiger partial charge in [-0.3, -0.25) is 9.69 Å². The Hall–Kier alpha value is -1.19. The molecule has 2 aliphatic rings. The normalized spacial score (nSPS) is 26.9. The molecule has 0 bridgehead atoms. The number of benzene rings is 1. The van der Waals surface area contributed by atoms with Crippen LogP contribution in [0.25, 0.3) is 0 Å². The Kier molecular flexibility index (Phi) is 8.97. The summed E-state index contributed by atoms with van der Waals surface area (Å²) in [6, 6.07) is 9.11. The maximum atomic E-state index is 13.0. The van der Waals surface area contributed by atoms with Crippen LogP contribution in [0.3, 0.4) is 0 Å². The Labute approximate surface area is 197 Å². The van der Waals surface area contributed by atoms with Crippen molar-refractivity contribution in [2.24, 2.45) is 0 Å². The molecule has 1 aliphatic carbocycles. The van der Waals surface area contributed by atoms with Gasteiger partial charge in [0, 0.05) is 44.2 Å². The molecule has 2 fully saturated rings. The molecule has 1 aromatic rings. The Balaban J connectivity index is 1.83. The highest BCUT2D eigenvalue weighted by atomic mass is 35.5. The quantitative estimate of drug-likeness (QED) is 0.348. The molecule has 3 atom stereocenters. The maximum Gasteiger partial charge on any atom is 0.253 e. The first-order valence-corrected chi connectivity index (χ1v) is 13.6. The lowest BCUT2D eigenvalue weighted by Crippen LogP contribution is -2.67. The zero-order valence-corrected chi connectivity index (χ0v) is 20.7. The minimum atomic E-state index is -3.23. The summed E-state index contributed by atoms with van der Waals surface area (Å²) in [5.41, 5.74) is 0.0964. The molecule has 9 heteroatoms. The van der Waals surface area contributed by atoms with E-state index in [1.54, 1.807) is 23.5 Å². The lowest BCUT2D eigenvalue weighted by atomic mass is 9.84. The second-order valence-electron chi connectivity index (χ2n) is 8.81. The molecule has 1 heterocycles. The first-order chi connectivity index (χ1) is 15.3. The number of nitrogens with one attached hydrogen (secondary N) is 1. The second kappa shape index (κ2) is 11.3. The average Bonchev–Trinajstić information content (AvgIpc) is 3.00. The van der Waals surface area contributed by atoms with E-state index < -0.39 is 21.8 Å². The van der Waals surface area contributed by atoms with Crippen LogP contribution in [-0.2, 0) is 14.8 Å². The van der Waals surface area contributed by atoms with E-state index in [2.05, 4.69) is 10.2 Å². The molecule has 1 amide bonds. The minimum Gasteiger partial charge on any atom is -0.360 e. The van der Waals surface area contributed by atoms with Gasteiger partial charge in [-0.15, -0.1) is 11.6 Å². The van der Waals surface area contributed by atoms with Crippen molar-refractivity contribution in [1.29, 1.82) is 0 Å². The number of hydrogen-bond acceptors (Lipinski definition) is 5. The number of halogens is 1. The first-order valence-electron chi connectivity index (χ1n) is 11.6. The van der Waals surface area contributed by atoms with E-state index in [0.29, 0.717) is 44.6 Å². The number of nitrogens with zero attached hydrogens (tertiary/aromatic N) is 2. The number of ether oxygens (including phenoxy) is 1. The fourth-order valence-electron chi connectivity index (χ4n) is 5.08. The van der Waals surface area contributed by atoms with E-state index in [4.69, 9.17) is 16.3 Å². The van der Waals surface area contributed by atoms with Gasteiger partial charge in [-0.1, -0.05) is 38.0 Å². The van der Waals surface area contributed by atoms with Crippen molar-refractivity contribution in [3.63, 3.8) is 0 Å². The SMILES string of the molecule is CCCS(=O)(=O)N1CCN(C2(C(NC(=O)c3ccccc3)OC)CCCCC(Cl)C2)CC1. The number of rotatable bonds is 8. The molecule has 1 aromatic carbocycles. The Morgan fingerprint density at radius 2 is 1.91 bits per heavy atom. The molecule has 1 saturated heterocycles. The van der Waals surface area contributed by atoms with Gasteiger partial charge in [0.25, 0.3) is 5.91 Å². The molecule has 1 N–H and O–H groups in total. The Morgan fingerprint density at radius 1 is 1.22 bits per heavy atom. The summed E-state index contributed by atoms with van der Waals surface area (Å²) in [5, 5.41) is 3.09. The molecule has 1 saturated carbocycles. The van der Waals surface area contributed by atoms with Crippen LogP contribution >= 0.6 is 11.6 Å². The zero-order chi connectivity index (χ0) is 23.2. The number of carbonyl (C=O) groups excluding carboxylic acids is 1. The third kappa shape index (κ3) is 5.83. The standard InChI is InChI=1S/C23H36ClN3O4S/c1-3-17-32(29,30)27-15-13-26(14-16-27)23(12-8-7-11-20(24)18-23)22(31-2)25-21(28)19-9-5-4-6-10-19/h4-6,9-10,20,22H,3,7-8,11-18H2,1-2H3,(H,25,28). The number of alkyl halides is 1. The van der Waals surface area contributed by atoms with E-state index in [9.17, 15) is 13.2 Å². The Morgan fingerprint density at radius 3 is 2.53 bits per heavy atom. The fourth-order valence-corrected chi connectivity index (χ4v) is 6.99. The zero-order valence-electron chi connectivity index (χ0n) is 19.1. The Bertz CT molecular complexity index is 846. The van der Waals surface area contributed by atoms with Crippen LogP contribution in [0.5, 0.6) is 0 Å². The summed E-state index contributed by atoms with van der Waals surface area (Å²) >= 11 is 6.72. The average molecular weight is 486 g/mol. The van der Waals surface area contributed by atoms with Gasteiger partial charge >= 0.3 is 0 Å². The van der Waals surface area contributed by atoms with Gasteiger partial charge in [-0.25, -0.2) is 8.42 Å². The third-order valence-electron chi connectivity index (χ3n) is 6.70. The first kappa shape index (κ1) is 25.4. The van der Waals surface area contributed by atoms with Crippen LogP contribution in [0.4, 0.5) is 0 Å². The van der Waals surface area contributed by atoms with Gasteiger partial charge < -0.3 is 10.1 Å². The van der Waals surface area contributed by atoms with Crippen LogP contribution in [0.15, 0.2) is 30.3 Å². The van der Waals surface area contributed by atoms with Crippen LogP contribution in [0, 0.1) is 0 Å². The van der Waals surface area contributed by atoms with E-state index in [1.165, 1.54) is 0 Å². The summed E-state index contributed by atoms with van der Waals surface area (Å²) < 4.78 is 32.6. The topological polar surface area (TPSA) is 79.0 Å². The van der Waals surface area contributed by atoms with Gasteiger partial charge in [0.15, 0.2) is 0 Å². The number of carbonyl (C=O) groups is 1. The highest BCUT2D eigenvalue weighted by Crippen LogP contribution is 2.39. The van der Waals surface area contributed by atoms with Gasteiger partial charge in [0.2, 0.25) is 10.0 Å². The predicted octanol–water partition coefficient (Wildman–Crippen LogP) is 3.06. The lowest BCUT2D eigenvalue weighted by molar-refractivity contribution is -0.0845. The van der Waals surface area contributed by atoms with Gasteiger partial charge in [-0.2, -0.15) is 4.31 Å². The summed E-state index contributed by atoms with van der Waals surface area (Å²) in [4.78, 5) is 15.3. The number of methoxy groups -OCH3 is 1. The summed E-state index contributed by atoms with van der Waals surface area (Å²) in [7, 11) is -1.61. The molecular weight excluding hydrogens is 450 g/mol. The molecule has 7 nitrogen and oxygen atoms in total. The van der Waals surface area contributed by atoms with Crippen molar-refractivity contribution in [2.75, 3.05) is 39.0 Å². The predicted molar refractivity (Wildman–Crippen MR) is 127 cm³/mol. The van der Waals surface area contributed by atoms with E-state index in [0.717, 1.165) is 25.7 Å². The smallest absolute Gasteiger partial charge is 0.253 e. The summed E-state index contributed by atoms with van der Waals surface area (Å²) in [6.07, 6.45) is 4.53. The molecule has 0 spiro atoms. The van der Waals surface area contributed by atoms with Gasteiger partial charge in [0.1, 0.15) is 6.23 Å². The summed E-state index contributed by atoms with van der Waals surface area (Å²) in [5.74, 6) is -0.00762. The molecule has 3 rings (SSSR count). The molecular formula is C23H36ClN3O4S. The number of amides is 1. The maximum absolute atomic E-state index is 13.0.